The Hall–Kier alpha value is -1.57. The van der Waals surface area contributed by atoms with Crippen LogP contribution in [-0.4, -0.2) is 27.9 Å². The van der Waals surface area contributed by atoms with Gasteiger partial charge in [-0.3, -0.25) is 0 Å². The van der Waals surface area contributed by atoms with E-state index in [1.165, 1.54) is 67.2 Å². The monoisotopic (exact) mass is 1100 g/mol. The third-order valence-electron chi connectivity index (χ3n) is 9.04. The van der Waals surface area contributed by atoms with E-state index in [-0.39, 0.29) is 36.1 Å². The molecule has 1 atom stereocenters. The van der Waals surface area contributed by atoms with Crippen LogP contribution in [0.25, 0.3) is 11.0 Å². The predicted octanol–water partition coefficient (Wildman–Crippen LogP) is 6.96. The van der Waals surface area contributed by atoms with Gasteiger partial charge in [-0.05, 0) is 75.9 Å². The van der Waals surface area contributed by atoms with Crippen LogP contribution < -0.4 is 43.1 Å². The van der Waals surface area contributed by atoms with E-state index >= 15 is 0 Å². The number of hydrogen-bond donors (Lipinski definition) is 0. The van der Waals surface area contributed by atoms with E-state index in [2.05, 4.69) is 200 Å². The van der Waals surface area contributed by atoms with Gasteiger partial charge in [0.2, 0.25) is 6.67 Å². The minimum atomic E-state index is -0.775. The smallest absolute Gasteiger partial charge is 0.254 e. The molecule has 268 valence electrons. The molecule has 9 heteroatoms. The maximum absolute atomic E-state index is 5.73. The van der Waals surface area contributed by atoms with Gasteiger partial charge in [0, 0.05) is 24.8 Å². The summed E-state index contributed by atoms with van der Waals surface area (Å²) in [6.45, 7) is 25.2. The number of hydrogen-bond acceptors (Lipinski definition) is 3. The maximum atomic E-state index is 5.73. The number of benzene rings is 4. The second-order valence-electron chi connectivity index (χ2n) is 13.4. The van der Waals surface area contributed by atoms with E-state index < -0.39 is 8.47 Å². The Bertz CT molecular complexity index is 1950. The van der Waals surface area contributed by atoms with Crippen molar-refractivity contribution in [1.82, 2.24) is 4.57 Å². The molecule has 0 aliphatic carbocycles. The number of halogens is 3. The van der Waals surface area contributed by atoms with E-state index in [1.54, 1.807) is 0 Å². The van der Waals surface area contributed by atoms with Gasteiger partial charge < -0.3 is 33.8 Å². The molecule has 50 heavy (non-hydrogen) atoms. The topological polar surface area (TPSA) is 24.5 Å². The van der Waals surface area contributed by atoms with Gasteiger partial charge in [0.25, 0.3) is 5.82 Å². The minimum absolute atomic E-state index is 0. The van der Waals surface area contributed by atoms with E-state index in [0.717, 1.165) is 18.8 Å². The summed E-state index contributed by atoms with van der Waals surface area (Å²) in [6, 6.07) is 26.4. The molecule has 1 aliphatic heterocycles. The van der Waals surface area contributed by atoms with Crippen molar-refractivity contribution in [3.05, 3.63) is 124 Å². The van der Waals surface area contributed by atoms with Crippen molar-refractivity contribution in [2.24, 2.45) is 7.05 Å². The Balaban J connectivity index is 0.000000317. The Kier molecular flexibility index (Phi) is 14.8. The van der Waals surface area contributed by atoms with Gasteiger partial charge >= 0.3 is 113 Å². The molecule has 0 spiro atoms. The van der Waals surface area contributed by atoms with Crippen LogP contribution in [0.1, 0.15) is 58.6 Å². The maximum Gasteiger partial charge on any atom is 0.254 e. The Labute approximate surface area is 343 Å². The normalized spacial score (nSPS) is 14.4. The standard InChI is InChI=1S/C31H37N4.C10H12O.3HI.Ru/c1-20-13-22(3)30(23(4)14-20)33-17-27(35(19-33)31-24(5)15-21(2)16-25(31)6)18-34-26(7)32(8)28-11-9-10-12-29(28)34;1-8(2)11-10-7-5-4-6-9(10)3;;;;/h9-16,27H,17-18H2,1-8H3;3-8H,1-2H3;3*1H;/q+1;;;;;+2/p-3. The van der Waals surface area contributed by atoms with Gasteiger partial charge in [-0.2, -0.15) is 0 Å². The molecule has 1 aliphatic rings. The van der Waals surface area contributed by atoms with E-state index in [1.807, 2.05) is 12.1 Å². The molecule has 2 heterocycles. The molecule has 0 bridgehead atoms. The molecule has 1 fully saturated rings. The first-order chi connectivity index (χ1) is 23.2. The average Bonchev–Trinajstić information content (AvgIpc) is 3.51. The third kappa shape index (κ3) is 9.50. The summed E-state index contributed by atoms with van der Waals surface area (Å²) >= 11 is 5.03. The van der Waals surface area contributed by atoms with Gasteiger partial charge in [0.05, 0.1) is 13.1 Å². The van der Waals surface area contributed by atoms with Crippen LogP contribution >= 0.6 is 39.5 Å². The summed E-state index contributed by atoms with van der Waals surface area (Å²) in [5, 5.41) is 0. The Morgan fingerprint density at radius 1 is 0.840 bits per heavy atom. The molecule has 4 aromatic carbocycles. The van der Waals surface area contributed by atoms with Crippen molar-refractivity contribution in [3.63, 3.8) is 0 Å². The second kappa shape index (κ2) is 18.0. The molecule has 0 saturated carbocycles. The molecule has 1 unspecified atom stereocenters. The second-order valence-corrected chi connectivity index (χ2v) is 33.3. The predicted molar refractivity (Wildman–Crippen MR) is 221 cm³/mol. The molecule has 1 aromatic heterocycles. The molecular formula is C41H49I3N4ORu. The molecule has 6 rings (SSSR count). The van der Waals surface area contributed by atoms with Gasteiger partial charge in [-0.1, -0.05) is 47.5 Å². The first-order valence-corrected chi connectivity index (χ1v) is 28.1. The molecule has 1 saturated heterocycles. The van der Waals surface area contributed by atoms with Crippen LogP contribution in [0.5, 0.6) is 5.75 Å². The summed E-state index contributed by atoms with van der Waals surface area (Å²) in [5.74, 6) is 2.28. The number of aryl methyl sites for hydroxylation is 7. The van der Waals surface area contributed by atoms with Gasteiger partial charge in [0.15, 0.2) is 11.0 Å². The number of fused-ring (bicyclic) bond motifs is 1. The summed E-state index contributed by atoms with van der Waals surface area (Å²) < 4.78 is 12.8. The molecular weight excluding hydrogens is 1050 g/mol. The fourth-order valence-electron chi connectivity index (χ4n) is 7.16. The third-order valence-corrected chi connectivity index (χ3v) is 12.6. The fourth-order valence-corrected chi connectivity index (χ4v) is 10.8. The number of ether oxygens (including phenoxy) is 1. The van der Waals surface area contributed by atoms with Gasteiger partial charge in [0.1, 0.15) is 6.54 Å². The van der Waals surface area contributed by atoms with Crippen molar-refractivity contribution in [2.75, 3.05) is 16.3 Å². The molecule has 5 aromatic rings. The van der Waals surface area contributed by atoms with Crippen molar-refractivity contribution in [1.29, 1.82) is 0 Å². The van der Waals surface area contributed by atoms with Gasteiger partial charge in [-0.25, -0.2) is 9.13 Å². The summed E-state index contributed by atoms with van der Waals surface area (Å²) in [4.78, 5) is 4.77. The Morgan fingerprint density at radius 2 is 1.38 bits per heavy atom. The number of anilines is 2. The van der Waals surface area contributed by atoms with E-state index in [4.69, 9.17) is 4.74 Å². The first-order valence-electron chi connectivity index (χ1n) is 16.8. The fraction of sp³-hybridized carbons (Fsp3) is 0.341. The average molecular weight is 1100 g/mol. The summed E-state index contributed by atoms with van der Waals surface area (Å²) in [7, 11) is 1.39. The van der Waals surface area contributed by atoms with E-state index in [0.29, 0.717) is 0 Å². The van der Waals surface area contributed by atoms with Crippen molar-refractivity contribution < 1.29 is 41.8 Å². The number of nitrogens with zero attached hydrogens (tertiary/aromatic N) is 4. The molecule has 0 N–H and O–H groups in total. The van der Waals surface area contributed by atoms with Crippen LogP contribution in [0, 0.1) is 55.1 Å². The van der Waals surface area contributed by atoms with Crippen LogP contribution in [0.4, 0.5) is 11.4 Å². The number of aromatic nitrogens is 2. The minimum Gasteiger partial charge on any atom is -1.00 e. The van der Waals surface area contributed by atoms with Crippen molar-refractivity contribution in [2.45, 2.75) is 81.0 Å². The molecule has 5 nitrogen and oxygen atoms in total. The van der Waals surface area contributed by atoms with Crippen LogP contribution in [0.3, 0.4) is 0 Å². The number of para-hydroxylation sites is 3. The number of imidazole rings is 1. The number of rotatable bonds is 7. The van der Waals surface area contributed by atoms with Gasteiger partial charge in [-0.15, -0.1) is 0 Å². The first kappa shape index (κ1) is 41.2. The SMILES string of the molecule is CC(C)Oc1ccccc1[CH]=[Ru]([I])[I].Cc1cc(C)c(N2[C]N(c3c(C)cc(C)cc3C)C(Cn3c(C)[n+](C)c4ccccc43)C2)c(C)c1.[I-]. The van der Waals surface area contributed by atoms with Crippen LogP contribution in [-0.2, 0) is 22.1 Å². The largest absolute Gasteiger partial charge is 1.00 e. The van der Waals surface area contributed by atoms with E-state index in [9.17, 15) is 0 Å². The zero-order valence-electron chi connectivity index (χ0n) is 30.8. The molecule has 2 radical (unpaired) electrons. The van der Waals surface area contributed by atoms with Crippen LogP contribution in [0.2, 0.25) is 0 Å². The van der Waals surface area contributed by atoms with Crippen LogP contribution in [0.15, 0.2) is 72.8 Å². The Morgan fingerprint density at radius 3 is 1.96 bits per heavy atom. The zero-order valence-corrected chi connectivity index (χ0v) is 39.0. The zero-order chi connectivity index (χ0) is 35.6. The molecule has 0 amide bonds. The summed E-state index contributed by atoms with van der Waals surface area (Å²) in [5.41, 5.74) is 14.2. The quantitative estimate of drug-likeness (QED) is 0.100. The van der Waals surface area contributed by atoms with Crippen molar-refractivity contribution in [3.8, 4) is 5.75 Å². The summed E-state index contributed by atoms with van der Waals surface area (Å²) in [6.07, 6.45) is 0.244. The van der Waals surface area contributed by atoms with Crippen molar-refractivity contribution >= 4 is 66.5 Å².